The molecule has 2 heterocycles. The van der Waals surface area contributed by atoms with Gasteiger partial charge < -0.3 is 9.80 Å². The quantitative estimate of drug-likeness (QED) is 0.838. The molecule has 1 aromatic carbocycles. The van der Waals surface area contributed by atoms with Gasteiger partial charge in [0, 0.05) is 31.7 Å². The summed E-state index contributed by atoms with van der Waals surface area (Å²) in [6.45, 7) is 2.14. The van der Waals surface area contributed by atoms with Gasteiger partial charge in [-0.2, -0.15) is 11.8 Å². The lowest BCUT2D eigenvalue weighted by atomic mass is 9.78. The Bertz CT molecular complexity index is 639. The van der Waals surface area contributed by atoms with E-state index in [9.17, 15) is 14.0 Å². The Hall–Kier alpha value is -1.56. The van der Waals surface area contributed by atoms with E-state index in [0.29, 0.717) is 37.5 Å². The Balaban J connectivity index is 1.71. The van der Waals surface area contributed by atoms with E-state index < -0.39 is 5.41 Å². The Labute approximate surface area is 146 Å². The first-order chi connectivity index (χ1) is 11.6. The second kappa shape index (κ2) is 7.13. The van der Waals surface area contributed by atoms with Gasteiger partial charge >= 0.3 is 0 Å². The molecule has 0 N–H and O–H groups in total. The topological polar surface area (TPSA) is 40.6 Å². The molecular weight excluding hydrogens is 327 g/mol. The fourth-order valence-electron chi connectivity index (χ4n) is 3.81. The van der Waals surface area contributed by atoms with Crippen molar-refractivity contribution in [3.8, 4) is 0 Å². The van der Waals surface area contributed by atoms with Crippen molar-refractivity contribution in [1.29, 1.82) is 0 Å². The summed E-state index contributed by atoms with van der Waals surface area (Å²) in [5, 5.41) is 0. The maximum Gasteiger partial charge on any atom is 0.232 e. The summed E-state index contributed by atoms with van der Waals surface area (Å²) in [6, 6.07) is 6.61. The third kappa shape index (κ3) is 3.29. The van der Waals surface area contributed by atoms with Gasteiger partial charge in [-0.25, -0.2) is 4.39 Å². The maximum atomic E-state index is 13.9. The van der Waals surface area contributed by atoms with Gasteiger partial charge in [-0.3, -0.25) is 9.59 Å². The van der Waals surface area contributed by atoms with Crippen LogP contribution in [-0.2, 0) is 16.1 Å². The number of piperidine rings is 1. The second-order valence-corrected chi connectivity index (χ2v) is 7.57. The lowest BCUT2D eigenvalue weighted by molar-refractivity contribution is -0.146. The summed E-state index contributed by atoms with van der Waals surface area (Å²) in [6.07, 6.45) is 4.36. The monoisotopic (exact) mass is 350 g/mol. The number of carbonyl (C=O) groups excluding carboxylic acids is 2. The van der Waals surface area contributed by atoms with Gasteiger partial charge in [0.25, 0.3) is 0 Å². The number of amides is 2. The number of likely N-dealkylation sites (tertiary alicyclic amines) is 2. The van der Waals surface area contributed by atoms with E-state index in [1.807, 2.05) is 11.2 Å². The Morgan fingerprint density at radius 3 is 2.83 bits per heavy atom. The van der Waals surface area contributed by atoms with Crippen LogP contribution >= 0.6 is 11.8 Å². The third-order valence-electron chi connectivity index (χ3n) is 5.12. The fraction of sp³-hybridized carbons (Fsp3) is 0.556. The highest BCUT2D eigenvalue weighted by Crippen LogP contribution is 2.40. The van der Waals surface area contributed by atoms with Crippen LogP contribution in [0, 0.1) is 11.2 Å². The highest BCUT2D eigenvalue weighted by Gasteiger charge is 2.49. The second-order valence-electron chi connectivity index (χ2n) is 6.70. The van der Waals surface area contributed by atoms with Crippen LogP contribution in [0.4, 0.5) is 4.39 Å². The van der Waals surface area contributed by atoms with Gasteiger partial charge in [-0.1, -0.05) is 18.2 Å². The summed E-state index contributed by atoms with van der Waals surface area (Å²) < 4.78 is 13.9. The van der Waals surface area contributed by atoms with E-state index in [1.54, 1.807) is 23.1 Å². The SMILES string of the molecule is CSCC(=O)N1CC[C@@]2(CCCN(Cc3ccccc3F)C2=O)C1. The summed E-state index contributed by atoms with van der Waals surface area (Å²) in [4.78, 5) is 28.8. The molecular formula is C18H23FN2O2S. The van der Waals surface area contributed by atoms with Crippen LogP contribution in [0.25, 0.3) is 0 Å². The van der Waals surface area contributed by atoms with Crippen LogP contribution in [0.5, 0.6) is 0 Å². The molecule has 1 spiro atoms. The Morgan fingerprint density at radius 2 is 2.08 bits per heavy atom. The number of rotatable bonds is 4. The van der Waals surface area contributed by atoms with E-state index in [4.69, 9.17) is 0 Å². The van der Waals surface area contributed by atoms with Crippen molar-refractivity contribution in [3.05, 3.63) is 35.6 Å². The van der Waals surface area contributed by atoms with Crippen molar-refractivity contribution in [3.63, 3.8) is 0 Å². The highest BCUT2D eigenvalue weighted by atomic mass is 32.2. The minimum absolute atomic E-state index is 0.0801. The zero-order valence-corrected chi connectivity index (χ0v) is 14.8. The first kappa shape index (κ1) is 17.3. The van der Waals surface area contributed by atoms with Gasteiger partial charge in [-0.05, 0) is 31.6 Å². The molecule has 2 aliphatic rings. The molecule has 4 nitrogen and oxygen atoms in total. The molecule has 1 atom stereocenters. The molecule has 24 heavy (non-hydrogen) atoms. The highest BCUT2D eigenvalue weighted by molar-refractivity contribution is 7.99. The molecule has 2 fully saturated rings. The molecule has 1 aromatic rings. The lowest BCUT2D eigenvalue weighted by Crippen LogP contribution is -2.50. The standard InChI is InChI=1S/C18H23FN2O2S/c1-24-12-16(22)21-10-8-18(13-21)7-4-9-20(17(18)23)11-14-5-2-3-6-15(14)19/h2-3,5-6H,4,7-13H2,1H3/t18-/m0/s1. The predicted molar refractivity (Wildman–Crippen MR) is 93.1 cm³/mol. The molecule has 3 rings (SSSR count). The number of nitrogens with zero attached hydrogens (tertiary/aromatic N) is 2. The largest absolute Gasteiger partial charge is 0.341 e. The zero-order chi connectivity index (χ0) is 17.2. The Kier molecular flexibility index (Phi) is 5.13. The maximum absolute atomic E-state index is 13.9. The van der Waals surface area contributed by atoms with E-state index in [2.05, 4.69) is 0 Å². The molecule has 0 aliphatic carbocycles. The Morgan fingerprint density at radius 1 is 1.29 bits per heavy atom. The number of hydrogen-bond acceptors (Lipinski definition) is 3. The average Bonchev–Trinajstić information content (AvgIpc) is 3.00. The number of hydrogen-bond donors (Lipinski definition) is 0. The van der Waals surface area contributed by atoms with Crippen LogP contribution < -0.4 is 0 Å². The average molecular weight is 350 g/mol. The lowest BCUT2D eigenvalue weighted by Gasteiger charge is -2.39. The smallest absolute Gasteiger partial charge is 0.232 e. The van der Waals surface area contributed by atoms with Crippen LogP contribution in [0.3, 0.4) is 0 Å². The van der Waals surface area contributed by atoms with E-state index in [1.165, 1.54) is 17.8 Å². The summed E-state index contributed by atoms with van der Waals surface area (Å²) in [5.74, 6) is 0.381. The van der Waals surface area contributed by atoms with E-state index >= 15 is 0 Å². The first-order valence-electron chi connectivity index (χ1n) is 8.35. The van der Waals surface area contributed by atoms with Crippen LogP contribution in [0.1, 0.15) is 24.8 Å². The molecule has 130 valence electrons. The zero-order valence-electron chi connectivity index (χ0n) is 14.0. The molecule has 2 saturated heterocycles. The molecule has 2 amide bonds. The molecule has 0 radical (unpaired) electrons. The third-order valence-corrected chi connectivity index (χ3v) is 5.65. The molecule has 6 heteroatoms. The normalized spacial score (nSPS) is 24.0. The van der Waals surface area contributed by atoms with Gasteiger partial charge in [0.15, 0.2) is 0 Å². The van der Waals surface area contributed by atoms with Crippen LogP contribution in [0.2, 0.25) is 0 Å². The minimum Gasteiger partial charge on any atom is -0.341 e. The predicted octanol–water partition coefficient (Wildman–Crippen LogP) is 2.53. The van der Waals surface area contributed by atoms with Crippen molar-refractivity contribution in [2.24, 2.45) is 5.41 Å². The fourth-order valence-corrected chi connectivity index (χ4v) is 4.24. The van der Waals surface area contributed by atoms with Gasteiger partial charge in [0.1, 0.15) is 5.82 Å². The molecule has 2 aliphatic heterocycles. The number of carbonyl (C=O) groups is 2. The van der Waals surface area contributed by atoms with Crippen LogP contribution in [-0.4, -0.2) is 53.3 Å². The summed E-state index contributed by atoms with van der Waals surface area (Å²) in [7, 11) is 0. The minimum atomic E-state index is -0.461. The number of thioether (sulfide) groups is 1. The van der Waals surface area contributed by atoms with Gasteiger partial charge in [0.05, 0.1) is 11.2 Å². The first-order valence-corrected chi connectivity index (χ1v) is 9.75. The summed E-state index contributed by atoms with van der Waals surface area (Å²) in [5.41, 5.74) is 0.0913. The van der Waals surface area contributed by atoms with Crippen LogP contribution in [0.15, 0.2) is 24.3 Å². The van der Waals surface area contributed by atoms with Gasteiger partial charge in [-0.15, -0.1) is 0 Å². The van der Waals surface area contributed by atoms with Crippen molar-refractivity contribution in [2.75, 3.05) is 31.6 Å². The molecule has 0 saturated carbocycles. The number of benzene rings is 1. The van der Waals surface area contributed by atoms with E-state index in [-0.39, 0.29) is 17.6 Å². The van der Waals surface area contributed by atoms with E-state index in [0.717, 1.165) is 19.3 Å². The van der Waals surface area contributed by atoms with Gasteiger partial charge in [0.2, 0.25) is 11.8 Å². The molecule has 0 aromatic heterocycles. The van der Waals surface area contributed by atoms with Crippen molar-refractivity contribution >= 4 is 23.6 Å². The molecule has 0 bridgehead atoms. The molecule has 0 unspecified atom stereocenters. The van der Waals surface area contributed by atoms with Crippen molar-refractivity contribution < 1.29 is 14.0 Å². The summed E-state index contributed by atoms with van der Waals surface area (Å²) >= 11 is 1.51. The van der Waals surface area contributed by atoms with Crippen molar-refractivity contribution in [1.82, 2.24) is 9.80 Å². The van der Waals surface area contributed by atoms with Crippen molar-refractivity contribution in [2.45, 2.75) is 25.8 Å². The number of halogens is 1.